The van der Waals surface area contributed by atoms with E-state index in [-0.39, 0.29) is 0 Å². The van der Waals surface area contributed by atoms with Gasteiger partial charge in [0.2, 0.25) is 0 Å². The highest BCUT2D eigenvalue weighted by molar-refractivity contribution is 7.13. The van der Waals surface area contributed by atoms with E-state index in [1.165, 1.54) is 4.88 Å². The predicted octanol–water partition coefficient (Wildman–Crippen LogP) is 3.97. The van der Waals surface area contributed by atoms with Gasteiger partial charge in [0, 0.05) is 29.3 Å². The normalized spacial score (nSPS) is 17.7. The summed E-state index contributed by atoms with van der Waals surface area (Å²) in [4.78, 5) is 6.04. The largest absolute Gasteiger partial charge is 0.376 e. The number of hydrogen-bond donors (Lipinski definition) is 1. The van der Waals surface area contributed by atoms with E-state index < -0.39 is 0 Å². The quantitative estimate of drug-likeness (QED) is 0.779. The monoisotopic (exact) mass is 342 g/mol. The molecule has 0 amide bonds. The SMILES string of the molecule is Cc1nc2c(-c3cccs3)c(C)nn2c(NCC2CCCO2)c1C. The Balaban J connectivity index is 1.80. The van der Waals surface area contributed by atoms with Gasteiger partial charge in [0.25, 0.3) is 0 Å². The summed E-state index contributed by atoms with van der Waals surface area (Å²) in [5.74, 6) is 1.03. The van der Waals surface area contributed by atoms with Gasteiger partial charge in [-0.1, -0.05) is 6.07 Å². The molecule has 3 aromatic heterocycles. The van der Waals surface area contributed by atoms with Crippen LogP contribution in [0.3, 0.4) is 0 Å². The number of aryl methyl sites for hydroxylation is 2. The molecule has 4 rings (SSSR count). The van der Waals surface area contributed by atoms with E-state index in [1.807, 2.05) is 4.52 Å². The molecule has 1 aliphatic rings. The molecule has 1 N–H and O–H groups in total. The van der Waals surface area contributed by atoms with Crippen LogP contribution in [0.25, 0.3) is 16.1 Å². The Morgan fingerprint density at radius 1 is 1.33 bits per heavy atom. The maximum Gasteiger partial charge on any atom is 0.166 e. The zero-order chi connectivity index (χ0) is 16.7. The Bertz CT molecular complexity index is 863. The maximum absolute atomic E-state index is 5.74. The van der Waals surface area contributed by atoms with E-state index >= 15 is 0 Å². The summed E-state index contributed by atoms with van der Waals surface area (Å²) >= 11 is 1.73. The number of nitrogens with one attached hydrogen (secondary N) is 1. The molecule has 0 aliphatic carbocycles. The Morgan fingerprint density at radius 3 is 2.92 bits per heavy atom. The number of nitrogens with zero attached hydrogens (tertiary/aromatic N) is 3. The van der Waals surface area contributed by atoms with Gasteiger partial charge in [-0.3, -0.25) is 0 Å². The Kier molecular flexibility index (Phi) is 4.02. The predicted molar refractivity (Wildman–Crippen MR) is 98.0 cm³/mol. The Labute approximate surface area is 145 Å². The minimum Gasteiger partial charge on any atom is -0.376 e. The molecule has 0 radical (unpaired) electrons. The molecule has 0 aromatic carbocycles. The van der Waals surface area contributed by atoms with Crippen molar-refractivity contribution in [3.63, 3.8) is 0 Å². The third kappa shape index (κ3) is 2.59. The van der Waals surface area contributed by atoms with Crippen LogP contribution in [0.2, 0.25) is 0 Å². The van der Waals surface area contributed by atoms with Crippen molar-refractivity contribution in [3.05, 3.63) is 34.5 Å². The molecule has 0 spiro atoms. The number of fused-ring (bicyclic) bond motifs is 1. The first-order valence-corrected chi connectivity index (χ1v) is 9.29. The van der Waals surface area contributed by atoms with Crippen molar-refractivity contribution in [2.24, 2.45) is 0 Å². The van der Waals surface area contributed by atoms with Gasteiger partial charge < -0.3 is 10.1 Å². The standard InChI is InChI=1S/C18H22N4OS/c1-11-12(2)20-18-16(15-7-5-9-24-15)13(3)21-22(18)17(11)19-10-14-6-4-8-23-14/h5,7,9,14,19H,4,6,8,10H2,1-3H3. The van der Waals surface area contributed by atoms with Crippen LogP contribution in [-0.2, 0) is 4.74 Å². The minimum absolute atomic E-state index is 0.293. The summed E-state index contributed by atoms with van der Waals surface area (Å²) in [5, 5.41) is 10.4. The number of thiophene rings is 1. The van der Waals surface area contributed by atoms with E-state index in [1.54, 1.807) is 11.3 Å². The number of rotatable bonds is 4. The molecule has 1 saturated heterocycles. The van der Waals surface area contributed by atoms with Crippen LogP contribution in [0.5, 0.6) is 0 Å². The van der Waals surface area contributed by atoms with E-state index in [9.17, 15) is 0 Å². The first-order chi connectivity index (χ1) is 11.6. The highest BCUT2D eigenvalue weighted by atomic mass is 32.1. The van der Waals surface area contributed by atoms with Gasteiger partial charge in [-0.2, -0.15) is 9.61 Å². The lowest BCUT2D eigenvalue weighted by molar-refractivity contribution is 0.120. The van der Waals surface area contributed by atoms with Crippen LogP contribution in [0.4, 0.5) is 5.82 Å². The third-order valence-electron chi connectivity index (χ3n) is 4.71. The molecule has 0 bridgehead atoms. The maximum atomic E-state index is 5.74. The lowest BCUT2D eigenvalue weighted by Gasteiger charge is -2.16. The van der Waals surface area contributed by atoms with Gasteiger partial charge in [-0.15, -0.1) is 11.3 Å². The molecule has 6 heteroatoms. The summed E-state index contributed by atoms with van der Waals surface area (Å²) in [6, 6.07) is 4.20. The van der Waals surface area contributed by atoms with Crippen LogP contribution in [0, 0.1) is 20.8 Å². The molecule has 4 heterocycles. The molecule has 5 nitrogen and oxygen atoms in total. The van der Waals surface area contributed by atoms with Gasteiger partial charge in [0.15, 0.2) is 5.65 Å². The summed E-state index contributed by atoms with van der Waals surface area (Å²) < 4.78 is 7.70. The van der Waals surface area contributed by atoms with Crippen molar-refractivity contribution in [3.8, 4) is 10.4 Å². The number of aromatic nitrogens is 3. The number of anilines is 1. The third-order valence-corrected chi connectivity index (χ3v) is 5.60. The highest BCUT2D eigenvalue weighted by Crippen LogP contribution is 2.33. The molecule has 24 heavy (non-hydrogen) atoms. The second-order valence-electron chi connectivity index (χ2n) is 6.36. The van der Waals surface area contributed by atoms with Crippen LogP contribution in [-0.4, -0.2) is 33.9 Å². The fourth-order valence-electron chi connectivity index (χ4n) is 3.28. The van der Waals surface area contributed by atoms with Crippen LogP contribution >= 0.6 is 11.3 Å². The lowest BCUT2D eigenvalue weighted by Crippen LogP contribution is -2.21. The van der Waals surface area contributed by atoms with E-state index in [4.69, 9.17) is 14.8 Å². The first kappa shape index (κ1) is 15.6. The molecule has 126 valence electrons. The van der Waals surface area contributed by atoms with E-state index in [2.05, 4.69) is 43.6 Å². The molecular formula is C18H22N4OS. The molecule has 3 aromatic rings. The molecule has 1 fully saturated rings. The van der Waals surface area contributed by atoms with Crippen LogP contribution in [0.1, 0.15) is 29.8 Å². The fourth-order valence-corrected chi connectivity index (χ4v) is 4.10. The van der Waals surface area contributed by atoms with Crippen molar-refractivity contribution in [2.45, 2.75) is 39.7 Å². The van der Waals surface area contributed by atoms with Crippen molar-refractivity contribution in [2.75, 3.05) is 18.5 Å². The van der Waals surface area contributed by atoms with E-state index in [0.717, 1.165) is 60.0 Å². The average molecular weight is 342 g/mol. The summed E-state index contributed by atoms with van der Waals surface area (Å²) in [7, 11) is 0. The van der Waals surface area contributed by atoms with Crippen molar-refractivity contribution < 1.29 is 4.74 Å². The number of ether oxygens (including phenoxy) is 1. The summed E-state index contributed by atoms with van der Waals surface area (Å²) in [5.41, 5.74) is 5.24. The molecule has 1 unspecified atom stereocenters. The first-order valence-electron chi connectivity index (χ1n) is 8.41. The van der Waals surface area contributed by atoms with E-state index in [0.29, 0.717) is 6.10 Å². The average Bonchev–Trinajstić information content (AvgIpc) is 3.28. The fraction of sp³-hybridized carbons (Fsp3) is 0.444. The second-order valence-corrected chi connectivity index (χ2v) is 7.31. The lowest BCUT2D eigenvalue weighted by atomic mass is 10.2. The highest BCUT2D eigenvalue weighted by Gasteiger charge is 2.20. The van der Waals surface area contributed by atoms with Gasteiger partial charge in [0.1, 0.15) is 5.82 Å². The number of hydrogen-bond acceptors (Lipinski definition) is 5. The Hall–Kier alpha value is -1.92. The molecule has 1 atom stereocenters. The topological polar surface area (TPSA) is 51.5 Å². The molecule has 1 aliphatic heterocycles. The van der Waals surface area contributed by atoms with Crippen molar-refractivity contribution in [1.82, 2.24) is 14.6 Å². The van der Waals surface area contributed by atoms with Gasteiger partial charge in [-0.25, -0.2) is 4.98 Å². The van der Waals surface area contributed by atoms with Crippen LogP contribution in [0.15, 0.2) is 17.5 Å². The molecule has 0 saturated carbocycles. The van der Waals surface area contributed by atoms with Gasteiger partial charge in [-0.05, 0) is 45.1 Å². The zero-order valence-corrected chi connectivity index (χ0v) is 15.1. The summed E-state index contributed by atoms with van der Waals surface area (Å²) in [6.45, 7) is 7.90. The van der Waals surface area contributed by atoms with Crippen molar-refractivity contribution >= 4 is 22.8 Å². The second kappa shape index (κ2) is 6.18. The van der Waals surface area contributed by atoms with Gasteiger partial charge in [0.05, 0.1) is 17.4 Å². The van der Waals surface area contributed by atoms with Crippen molar-refractivity contribution in [1.29, 1.82) is 0 Å². The Morgan fingerprint density at radius 2 is 2.21 bits per heavy atom. The van der Waals surface area contributed by atoms with Crippen LogP contribution < -0.4 is 5.32 Å². The van der Waals surface area contributed by atoms with Gasteiger partial charge >= 0.3 is 0 Å². The zero-order valence-electron chi connectivity index (χ0n) is 14.3. The minimum atomic E-state index is 0.293. The smallest absolute Gasteiger partial charge is 0.166 e. The summed E-state index contributed by atoms with van der Waals surface area (Å²) in [6.07, 6.45) is 2.57. The molecular weight excluding hydrogens is 320 g/mol.